The molecule has 0 aliphatic heterocycles. The van der Waals surface area contributed by atoms with Gasteiger partial charge in [-0.15, -0.1) is 0 Å². The molecule has 110 valence electrons. The Morgan fingerprint density at radius 2 is 2.05 bits per heavy atom. The SMILES string of the molecule is CC[C@](C)(CC(=O)c1cc(Cl)c(N)cc1OC)C(=O)O. The number of carboxylic acids is 1. The van der Waals surface area contributed by atoms with Crippen LogP contribution in [0.2, 0.25) is 5.02 Å². The molecule has 0 saturated heterocycles. The van der Waals surface area contributed by atoms with Crippen molar-refractivity contribution in [1.82, 2.24) is 0 Å². The van der Waals surface area contributed by atoms with Gasteiger partial charge in [-0.05, 0) is 19.4 Å². The van der Waals surface area contributed by atoms with E-state index in [9.17, 15) is 14.7 Å². The summed E-state index contributed by atoms with van der Waals surface area (Å²) in [6, 6.07) is 2.87. The highest BCUT2D eigenvalue weighted by Crippen LogP contribution is 2.33. The molecular formula is C14H18ClNO4. The van der Waals surface area contributed by atoms with Gasteiger partial charge in [-0.1, -0.05) is 18.5 Å². The molecule has 0 spiro atoms. The number of halogens is 1. The van der Waals surface area contributed by atoms with E-state index in [-0.39, 0.29) is 22.8 Å². The number of methoxy groups -OCH3 is 1. The van der Waals surface area contributed by atoms with Crippen LogP contribution >= 0.6 is 11.6 Å². The van der Waals surface area contributed by atoms with E-state index < -0.39 is 11.4 Å². The Kier molecular flexibility index (Phi) is 5.00. The predicted octanol–water partition coefficient (Wildman–Crippen LogP) is 3.00. The summed E-state index contributed by atoms with van der Waals surface area (Å²) >= 11 is 5.91. The number of nitrogen functional groups attached to an aromatic ring is 1. The molecule has 1 atom stereocenters. The fourth-order valence-corrected chi connectivity index (χ4v) is 1.92. The molecule has 1 aromatic carbocycles. The molecule has 0 aliphatic rings. The second-order valence-electron chi connectivity index (χ2n) is 4.89. The summed E-state index contributed by atoms with van der Waals surface area (Å²) in [6.07, 6.45) is 0.217. The summed E-state index contributed by atoms with van der Waals surface area (Å²) < 4.78 is 5.10. The van der Waals surface area contributed by atoms with Gasteiger partial charge in [0.05, 0.1) is 28.8 Å². The largest absolute Gasteiger partial charge is 0.496 e. The van der Waals surface area contributed by atoms with E-state index in [1.807, 2.05) is 0 Å². The normalized spacial score (nSPS) is 13.6. The Bertz CT molecular complexity index is 544. The van der Waals surface area contributed by atoms with Crippen molar-refractivity contribution < 1.29 is 19.4 Å². The van der Waals surface area contributed by atoms with Crippen molar-refractivity contribution in [2.24, 2.45) is 5.41 Å². The lowest BCUT2D eigenvalue weighted by atomic mass is 9.81. The summed E-state index contributed by atoms with van der Waals surface area (Å²) in [4.78, 5) is 23.6. The lowest BCUT2D eigenvalue weighted by molar-refractivity contribution is -0.148. The average molecular weight is 300 g/mol. The number of ketones is 1. The van der Waals surface area contributed by atoms with Crippen LogP contribution < -0.4 is 10.5 Å². The lowest BCUT2D eigenvalue weighted by Crippen LogP contribution is -2.29. The molecule has 0 aromatic heterocycles. The Hall–Kier alpha value is -1.75. The molecule has 0 unspecified atom stereocenters. The standard InChI is InChI=1S/C14H18ClNO4/c1-4-14(2,13(18)19)7-11(17)8-5-9(15)10(16)6-12(8)20-3/h5-6H,4,7,16H2,1-3H3,(H,18,19)/t14-/m1/s1. The second kappa shape index (κ2) is 6.13. The van der Waals surface area contributed by atoms with Gasteiger partial charge in [0.25, 0.3) is 0 Å². The summed E-state index contributed by atoms with van der Waals surface area (Å²) in [6.45, 7) is 3.27. The van der Waals surface area contributed by atoms with Crippen LogP contribution in [0.1, 0.15) is 37.0 Å². The van der Waals surface area contributed by atoms with Gasteiger partial charge in [0, 0.05) is 12.5 Å². The van der Waals surface area contributed by atoms with Gasteiger partial charge < -0.3 is 15.6 Å². The van der Waals surface area contributed by atoms with Crippen molar-refractivity contribution in [2.45, 2.75) is 26.7 Å². The molecule has 0 radical (unpaired) electrons. The number of carbonyl (C=O) groups excluding carboxylic acids is 1. The Morgan fingerprint density at radius 3 is 2.50 bits per heavy atom. The zero-order valence-corrected chi connectivity index (χ0v) is 12.5. The van der Waals surface area contributed by atoms with Crippen molar-refractivity contribution in [3.63, 3.8) is 0 Å². The van der Waals surface area contributed by atoms with Crippen LogP contribution in [-0.4, -0.2) is 24.0 Å². The van der Waals surface area contributed by atoms with E-state index >= 15 is 0 Å². The number of Topliss-reactive ketones (excluding diaryl/α,β-unsaturated/α-hetero) is 1. The maximum Gasteiger partial charge on any atom is 0.309 e. The van der Waals surface area contributed by atoms with Gasteiger partial charge in [0.15, 0.2) is 5.78 Å². The molecular weight excluding hydrogens is 282 g/mol. The summed E-state index contributed by atoms with van der Waals surface area (Å²) in [7, 11) is 1.41. The Morgan fingerprint density at radius 1 is 1.45 bits per heavy atom. The molecule has 3 N–H and O–H groups in total. The van der Waals surface area contributed by atoms with Crippen LogP contribution in [0.3, 0.4) is 0 Å². The second-order valence-corrected chi connectivity index (χ2v) is 5.30. The van der Waals surface area contributed by atoms with Crippen molar-refractivity contribution in [2.75, 3.05) is 12.8 Å². The maximum absolute atomic E-state index is 12.3. The molecule has 0 aliphatic carbocycles. The molecule has 0 bridgehead atoms. The number of rotatable bonds is 6. The number of carbonyl (C=O) groups is 2. The predicted molar refractivity (Wildman–Crippen MR) is 77.4 cm³/mol. The average Bonchev–Trinajstić information content (AvgIpc) is 2.40. The van der Waals surface area contributed by atoms with Crippen LogP contribution in [0.15, 0.2) is 12.1 Å². The molecule has 6 heteroatoms. The van der Waals surface area contributed by atoms with E-state index in [1.54, 1.807) is 13.8 Å². The first-order valence-electron chi connectivity index (χ1n) is 6.14. The molecule has 1 aromatic rings. The first kappa shape index (κ1) is 16.3. The third-order valence-electron chi connectivity index (χ3n) is 3.47. The van der Waals surface area contributed by atoms with E-state index in [0.717, 1.165) is 0 Å². The number of nitrogens with two attached hydrogens (primary N) is 1. The fraction of sp³-hybridized carbons (Fsp3) is 0.429. The van der Waals surface area contributed by atoms with Gasteiger partial charge >= 0.3 is 5.97 Å². The Labute approximate surface area is 122 Å². The highest BCUT2D eigenvalue weighted by Gasteiger charge is 2.34. The molecule has 5 nitrogen and oxygen atoms in total. The van der Waals surface area contributed by atoms with Gasteiger partial charge in [0.1, 0.15) is 5.75 Å². The number of hydrogen-bond acceptors (Lipinski definition) is 4. The monoisotopic (exact) mass is 299 g/mol. The third-order valence-corrected chi connectivity index (χ3v) is 3.79. The lowest BCUT2D eigenvalue weighted by Gasteiger charge is -2.22. The van der Waals surface area contributed by atoms with Gasteiger partial charge in [-0.2, -0.15) is 0 Å². The van der Waals surface area contributed by atoms with E-state index in [1.165, 1.54) is 19.2 Å². The highest BCUT2D eigenvalue weighted by molar-refractivity contribution is 6.33. The van der Waals surface area contributed by atoms with Crippen LogP contribution in [0.5, 0.6) is 5.75 Å². The smallest absolute Gasteiger partial charge is 0.309 e. The minimum atomic E-state index is -1.12. The number of ether oxygens (including phenoxy) is 1. The fourth-order valence-electron chi connectivity index (χ4n) is 1.76. The minimum Gasteiger partial charge on any atom is -0.496 e. The molecule has 0 heterocycles. The zero-order valence-electron chi connectivity index (χ0n) is 11.7. The molecule has 0 fully saturated rings. The van der Waals surface area contributed by atoms with Crippen molar-refractivity contribution in [1.29, 1.82) is 0 Å². The highest BCUT2D eigenvalue weighted by atomic mass is 35.5. The third kappa shape index (κ3) is 3.22. The topological polar surface area (TPSA) is 89.6 Å². The first-order valence-corrected chi connectivity index (χ1v) is 6.52. The summed E-state index contributed by atoms with van der Waals surface area (Å²) in [5.74, 6) is -1.05. The number of aliphatic carboxylic acids is 1. The molecule has 0 amide bonds. The van der Waals surface area contributed by atoms with E-state index in [0.29, 0.717) is 17.9 Å². The number of benzene rings is 1. The summed E-state index contributed by atoms with van der Waals surface area (Å²) in [5.41, 5.74) is 5.08. The quantitative estimate of drug-likeness (QED) is 0.622. The van der Waals surface area contributed by atoms with E-state index in [4.69, 9.17) is 22.1 Å². The van der Waals surface area contributed by atoms with Crippen LogP contribution in [-0.2, 0) is 4.79 Å². The minimum absolute atomic E-state index is 0.130. The summed E-state index contributed by atoms with van der Waals surface area (Å²) in [5, 5.41) is 9.46. The Balaban J connectivity index is 3.15. The van der Waals surface area contributed by atoms with Crippen molar-refractivity contribution in [3.8, 4) is 5.75 Å². The molecule has 0 saturated carbocycles. The number of anilines is 1. The van der Waals surface area contributed by atoms with Crippen LogP contribution in [0.25, 0.3) is 0 Å². The number of hydrogen-bond donors (Lipinski definition) is 2. The van der Waals surface area contributed by atoms with E-state index in [2.05, 4.69) is 0 Å². The maximum atomic E-state index is 12.3. The van der Waals surface area contributed by atoms with Gasteiger partial charge in [-0.3, -0.25) is 9.59 Å². The zero-order chi connectivity index (χ0) is 15.5. The molecule has 20 heavy (non-hydrogen) atoms. The van der Waals surface area contributed by atoms with Gasteiger partial charge in [-0.25, -0.2) is 0 Å². The van der Waals surface area contributed by atoms with Crippen LogP contribution in [0, 0.1) is 5.41 Å². The van der Waals surface area contributed by atoms with Gasteiger partial charge in [0.2, 0.25) is 0 Å². The van der Waals surface area contributed by atoms with Crippen molar-refractivity contribution >= 4 is 29.0 Å². The van der Waals surface area contributed by atoms with Crippen LogP contribution in [0.4, 0.5) is 5.69 Å². The van der Waals surface area contributed by atoms with Crippen molar-refractivity contribution in [3.05, 3.63) is 22.7 Å². The first-order chi connectivity index (χ1) is 9.25. The number of carboxylic acid groups (broad SMARTS) is 1. The molecule has 1 rings (SSSR count).